The van der Waals surface area contributed by atoms with E-state index in [0.29, 0.717) is 11.6 Å². The van der Waals surface area contributed by atoms with Crippen LogP contribution in [0, 0.1) is 11.3 Å². The number of ether oxygens (including phenoxy) is 1. The lowest BCUT2D eigenvalue weighted by Gasteiger charge is -2.19. The Hall–Kier alpha value is -3.41. The number of fused-ring (bicyclic) bond motifs is 1. The molecular weight excluding hydrogens is 300 g/mol. The van der Waals surface area contributed by atoms with Gasteiger partial charge in [-0.25, -0.2) is 4.98 Å². The van der Waals surface area contributed by atoms with Crippen molar-refractivity contribution < 1.29 is 14.3 Å². The average Bonchev–Trinajstić information content (AvgIpc) is 3.02. The van der Waals surface area contributed by atoms with E-state index in [1.54, 1.807) is 25.4 Å². The van der Waals surface area contributed by atoms with Crippen LogP contribution >= 0.6 is 0 Å². The minimum absolute atomic E-state index is 0.0210. The van der Waals surface area contributed by atoms with Gasteiger partial charge in [0.1, 0.15) is 24.4 Å². The smallest absolute Gasteiger partial charge is 0.270 e. The largest absolute Gasteiger partial charge is 0.487 e. The Kier molecular flexibility index (Phi) is 3.64. The van der Waals surface area contributed by atoms with Gasteiger partial charge < -0.3 is 10.1 Å². The molecule has 23 heavy (non-hydrogen) atoms. The SMILES string of the molecule is CN1C(=O)[C@@H](NC(=O)c2cc(C#N)n[nH]2)COc2cccnc21. The third kappa shape index (κ3) is 2.69. The molecular formula is C14H12N6O3. The zero-order chi connectivity index (χ0) is 16.4. The lowest BCUT2D eigenvalue weighted by molar-refractivity contribution is -0.120. The number of likely N-dealkylation sites (N-methyl/N-ethyl adjacent to an activating group) is 1. The highest BCUT2D eigenvalue weighted by atomic mass is 16.5. The van der Waals surface area contributed by atoms with E-state index < -0.39 is 11.9 Å². The number of nitrogens with one attached hydrogen (secondary N) is 2. The number of nitrogens with zero attached hydrogens (tertiary/aromatic N) is 4. The number of carbonyl (C=O) groups is 2. The second-order valence-electron chi connectivity index (χ2n) is 4.84. The Labute approximate surface area is 130 Å². The summed E-state index contributed by atoms with van der Waals surface area (Å²) in [5.41, 5.74) is 0.184. The summed E-state index contributed by atoms with van der Waals surface area (Å²) in [7, 11) is 1.56. The second kappa shape index (κ2) is 5.76. The summed E-state index contributed by atoms with van der Waals surface area (Å²) in [6.45, 7) is -0.0210. The van der Waals surface area contributed by atoms with Crippen LogP contribution in [0.1, 0.15) is 16.2 Å². The number of aromatic nitrogens is 3. The monoisotopic (exact) mass is 312 g/mol. The van der Waals surface area contributed by atoms with E-state index in [1.165, 1.54) is 11.0 Å². The fourth-order valence-corrected chi connectivity index (χ4v) is 2.16. The molecule has 3 heterocycles. The number of amides is 2. The maximum absolute atomic E-state index is 12.4. The van der Waals surface area contributed by atoms with Crippen molar-refractivity contribution >= 4 is 17.6 Å². The minimum atomic E-state index is -0.879. The molecule has 0 radical (unpaired) electrons. The van der Waals surface area contributed by atoms with E-state index in [0.717, 1.165) is 0 Å². The van der Waals surface area contributed by atoms with Gasteiger partial charge in [-0.2, -0.15) is 10.4 Å². The Morgan fingerprint density at radius 1 is 1.61 bits per heavy atom. The first kappa shape index (κ1) is 14.5. The average molecular weight is 312 g/mol. The molecule has 0 fully saturated rings. The fraction of sp³-hybridized carbons (Fsp3) is 0.214. The Balaban J connectivity index is 1.78. The number of anilines is 1. The van der Waals surface area contributed by atoms with Crippen molar-refractivity contribution in [3.05, 3.63) is 35.8 Å². The first-order valence-corrected chi connectivity index (χ1v) is 6.72. The van der Waals surface area contributed by atoms with Crippen LogP contribution in [0.15, 0.2) is 24.4 Å². The van der Waals surface area contributed by atoms with E-state index >= 15 is 0 Å². The van der Waals surface area contributed by atoms with Gasteiger partial charge in [0, 0.05) is 19.3 Å². The molecule has 0 bridgehead atoms. The molecule has 0 spiro atoms. The molecule has 0 saturated heterocycles. The van der Waals surface area contributed by atoms with Crippen LogP contribution in [0.2, 0.25) is 0 Å². The maximum Gasteiger partial charge on any atom is 0.270 e. The van der Waals surface area contributed by atoms with Crippen LogP contribution in [-0.4, -0.2) is 46.7 Å². The molecule has 0 unspecified atom stereocenters. The summed E-state index contributed by atoms with van der Waals surface area (Å²) >= 11 is 0. The van der Waals surface area contributed by atoms with Crippen LogP contribution in [0.4, 0.5) is 5.82 Å². The van der Waals surface area contributed by atoms with E-state index in [-0.39, 0.29) is 23.9 Å². The predicted molar refractivity (Wildman–Crippen MR) is 77.7 cm³/mol. The lowest BCUT2D eigenvalue weighted by atomic mass is 10.2. The summed E-state index contributed by atoms with van der Waals surface area (Å²) in [4.78, 5) is 30.0. The Bertz CT molecular complexity index is 809. The minimum Gasteiger partial charge on any atom is -0.487 e. The lowest BCUT2D eigenvalue weighted by Crippen LogP contribution is -2.49. The quantitative estimate of drug-likeness (QED) is 0.793. The van der Waals surface area contributed by atoms with Crippen molar-refractivity contribution in [3.63, 3.8) is 0 Å². The summed E-state index contributed by atoms with van der Waals surface area (Å²) in [5, 5.41) is 17.4. The highest BCUT2D eigenvalue weighted by molar-refractivity contribution is 6.02. The molecule has 9 nitrogen and oxygen atoms in total. The molecule has 2 N–H and O–H groups in total. The van der Waals surface area contributed by atoms with E-state index in [4.69, 9.17) is 10.00 Å². The van der Waals surface area contributed by atoms with Crippen LogP contribution < -0.4 is 15.0 Å². The van der Waals surface area contributed by atoms with Gasteiger partial charge in [-0.15, -0.1) is 0 Å². The predicted octanol–water partition coefficient (Wildman–Crippen LogP) is -0.170. The maximum atomic E-state index is 12.4. The molecule has 2 aromatic rings. The third-order valence-corrected chi connectivity index (χ3v) is 3.35. The summed E-state index contributed by atoms with van der Waals surface area (Å²) in [6.07, 6.45) is 1.55. The topological polar surface area (TPSA) is 124 Å². The van der Waals surface area contributed by atoms with Crippen molar-refractivity contribution in [1.82, 2.24) is 20.5 Å². The van der Waals surface area contributed by atoms with Crippen molar-refractivity contribution in [1.29, 1.82) is 5.26 Å². The van der Waals surface area contributed by atoms with Gasteiger partial charge in [-0.05, 0) is 12.1 Å². The van der Waals surface area contributed by atoms with E-state index in [1.807, 2.05) is 6.07 Å². The zero-order valence-electron chi connectivity index (χ0n) is 12.1. The van der Waals surface area contributed by atoms with Crippen LogP contribution in [0.5, 0.6) is 5.75 Å². The number of aromatic amines is 1. The number of hydrogen-bond donors (Lipinski definition) is 2. The molecule has 2 amide bonds. The zero-order valence-corrected chi connectivity index (χ0v) is 12.1. The molecule has 0 saturated carbocycles. The van der Waals surface area contributed by atoms with Gasteiger partial charge in [0.25, 0.3) is 11.8 Å². The molecule has 1 aliphatic heterocycles. The molecule has 0 aliphatic carbocycles. The standard InChI is InChI=1S/C14H12N6O3/c1-20-12-11(3-2-4-16-12)23-7-10(14(20)22)17-13(21)9-5-8(6-15)18-19-9/h2-5,10H,7H2,1H3,(H,17,21)(H,18,19)/t10-/m0/s1. The number of carbonyl (C=O) groups excluding carboxylic acids is 2. The van der Waals surface area contributed by atoms with Crippen molar-refractivity contribution in [2.75, 3.05) is 18.6 Å². The van der Waals surface area contributed by atoms with Crippen molar-refractivity contribution in [2.24, 2.45) is 0 Å². The van der Waals surface area contributed by atoms with E-state index in [9.17, 15) is 9.59 Å². The van der Waals surface area contributed by atoms with E-state index in [2.05, 4.69) is 20.5 Å². The second-order valence-corrected chi connectivity index (χ2v) is 4.84. The molecule has 116 valence electrons. The normalized spacial score (nSPS) is 16.8. The molecule has 2 aromatic heterocycles. The number of hydrogen-bond acceptors (Lipinski definition) is 6. The highest BCUT2D eigenvalue weighted by Crippen LogP contribution is 2.27. The number of nitriles is 1. The third-order valence-electron chi connectivity index (χ3n) is 3.35. The summed E-state index contributed by atoms with van der Waals surface area (Å²) in [5.74, 6) is -0.0416. The number of rotatable bonds is 2. The highest BCUT2D eigenvalue weighted by Gasteiger charge is 2.31. The molecule has 3 rings (SSSR count). The molecule has 0 aromatic carbocycles. The van der Waals surface area contributed by atoms with Crippen molar-refractivity contribution in [2.45, 2.75) is 6.04 Å². The van der Waals surface area contributed by atoms with Crippen LogP contribution in [0.25, 0.3) is 0 Å². The Morgan fingerprint density at radius 3 is 3.17 bits per heavy atom. The summed E-state index contributed by atoms with van der Waals surface area (Å²) in [6, 6.07) is 5.63. The van der Waals surface area contributed by atoms with Gasteiger partial charge in [-0.3, -0.25) is 19.6 Å². The fourth-order valence-electron chi connectivity index (χ4n) is 2.16. The van der Waals surface area contributed by atoms with Crippen LogP contribution in [0.3, 0.4) is 0 Å². The number of pyridine rings is 1. The van der Waals surface area contributed by atoms with Crippen molar-refractivity contribution in [3.8, 4) is 11.8 Å². The van der Waals surface area contributed by atoms with Gasteiger partial charge in [0.15, 0.2) is 17.3 Å². The number of H-pyrrole nitrogens is 1. The first-order chi connectivity index (χ1) is 11.1. The molecule has 9 heteroatoms. The van der Waals surface area contributed by atoms with Gasteiger partial charge in [0.05, 0.1) is 0 Å². The first-order valence-electron chi connectivity index (χ1n) is 6.72. The summed E-state index contributed by atoms with van der Waals surface area (Å²) < 4.78 is 5.55. The van der Waals surface area contributed by atoms with Gasteiger partial charge in [-0.1, -0.05) is 0 Å². The molecule has 1 aliphatic rings. The van der Waals surface area contributed by atoms with Crippen LogP contribution in [-0.2, 0) is 4.79 Å². The van der Waals surface area contributed by atoms with Gasteiger partial charge in [0.2, 0.25) is 0 Å². The molecule has 1 atom stereocenters. The van der Waals surface area contributed by atoms with Gasteiger partial charge >= 0.3 is 0 Å². The Morgan fingerprint density at radius 2 is 2.43 bits per heavy atom.